The summed E-state index contributed by atoms with van der Waals surface area (Å²) in [7, 11) is -0.452. The SMILES string of the molecule is CCCc1nn(C)c2c(=O)[nH]c(-c3cc(S(=O)(=O)N4CCN(C(=N)NC)CC4)ccc3OCC)nc12.I. The number of guanidine groups is 1. The van der Waals surface area contributed by atoms with E-state index >= 15 is 0 Å². The Bertz CT molecular complexity index is 1440. The number of aromatic nitrogens is 4. The van der Waals surface area contributed by atoms with Crippen molar-refractivity contribution in [1.82, 2.24) is 34.3 Å². The first-order valence-electron chi connectivity index (χ1n) is 12.0. The van der Waals surface area contributed by atoms with E-state index in [-0.39, 0.29) is 59.3 Å². The highest BCUT2D eigenvalue weighted by Gasteiger charge is 2.30. The third-order valence-electron chi connectivity index (χ3n) is 6.18. The molecule has 3 heterocycles. The van der Waals surface area contributed by atoms with E-state index in [9.17, 15) is 13.2 Å². The number of halogens is 1. The van der Waals surface area contributed by atoms with Gasteiger partial charge in [-0.15, -0.1) is 24.0 Å². The van der Waals surface area contributed by atoms with Gasteiger partial charge in [0, 0.05) is 40.3 Å². The van der Waals surface area contributed by atoms with Gasteiger partial charge in [-0.25, -0.2) is 13.4 Å². The molecule has 0 radical (unpaired) electrons. The summed E-state index contributed by atoms with van der Waals surface area (Å²) in [5.41, 5.74) is 1.62. The molecule has 1 aliphatic heterocycles. The second-order valence-electron chi connectivity index (χ2n) is 8.51. The van der Waals surface area contributed by atoms with Crippen LogP contribution >= 0.6 is 24.0 Å². The summed E-state index contributed by atoms with van der Waals surface area (Å²) in [6.07, 6.45) is 1.51. The normalized spacial score (nSPS) is 14.4. The third kappa shape index (κ3) is 5.60. The minimum absolute atomic E-state index is 0. The topological polar surface area (TPSA) is 149 Å². The van der Waals surface area contributed by atoms with Crippen LogP contribution in [0.3, 0.4) is 0 Å². The lowest BCUT2D eigenvalue weighted by molar-refractivity contribution is 0.260. The Morgan fingerprint density at radius 1 is 1.22 bits per heavy atom. The summed E-state index contributed by atoms with van der Waals surface area (Å²) in [6, 6.07) is 4.61. The molecule has 1 aliphatic rings. The van der Waals surface area contributed by atoms with E-state index in [4.69, 9.17) is 15.1 Å². The molecule has 0 bridgehead atoms. The van der Waals surface area contributed by atoms with Crippen LogP contribution in [0, 0.1) is 5.41 Å². The second kappa shape index (κ2) is 11.8. The molecule has 0 spiro atoms. The number of aryl methyl sites for hydroxylation is 2. The first-order valence-corrected chi connectivity index (χ1v) is 13.4. The minimum atomic E-state index is -3.82. The first-order chi connectivity index (χ1) is 17.2. The summed E-state index contributed by atoms with van der Waals surface area (Å²) in [5.74, 6) is 0.913. The molecular formula is C23H33IN8O4S. The largest absolute Gasteiger partial charge is 0.493 e. The molecule has 4 rings (SSSR count). The van der Waals surface area contributed by atoms with Gasteiger partial charge in [-0.1, -0.05) is 13.3 Å². The Labute approximate surface area is 233 Å². The van der Waals surface area contributed by atoms with E-state index in [1.54, 1.807) is 25.1 Å². The number of aromatic amines is 1. The van der Waals surface area contributed by atoms with E-state index in [1.165, 1.54) is 21.1 Å². The van der Waals surface area contributed by atoms with Crippen LogP contribution in [0.2, 0.25) is 0 Å². The summed E-state index contributed by atoms with van der Waals surface area (Å²) >= 11 is 0. The predicted octanol–water partition coefficient (Wildman–Crippen LogP) is 1.75. The van der Waals surface area contributed by atoms with Crippen LogP contribution in [-0.2, 0) is 23.5 Å². The molecule has 1 fully saturated rings. The average molecular weight is 645 g/mol. The number of hydrogen-bond donors (Lipinski definition) is 3. The summed E-state index contributed by atoms with van der Waals surface area (Å²) in [4.78, 5) is 22.3. The molecule has 1 saturated heterocycles. The standard InChI is InChI=1S/C23H32N8O4S.HI/c1-5-7-17-19-20(29(4)28-17)22(32)27-21(26-19)16-14-15(8-9-18(16)35-6-2)36(33,34)31-12-10-30(11-13-31)23(24)25-3;/h8-9,14H,5-7,10-13H2,1-4H3,(H2,24,25)(H,26,27,32);1H. The monoisotopic (exact) mass is 644 g/mol. The van der Waals surface area contributed by atoms with Crippen LogP contribution in [0.25, 0.3) is 22.4 Å². The molecule has 14 heteroatoms. The van der Waals surface area contributed by atoms with Crippen molar-refractivity contribution in [3.8, 4) is 17.1 Å². The number of hydrogen-bond acceptors (Lipinski definition) is 7. The van der Waals surface area contributed by atoms with Gasteiger partial charge in [0.2, 0.25) is 10.0 Å². The number of nitrogens with zero attached hydrogens (tertiary/aromatic N) is 5. The number of nitrogens with one attached hydrogen (secondary N) is 3. The fraction of sp³-hybridized carbons (Fsp3) is 0.478. The van der Waals surface area contributed by atoms with E-state index in [1.807, 2.05) is 13.8 Å². The lowest BCUT2D eigenvalue weighted by Gasteiger charge is -2.35. The van der Waals surface area contributed by atoms with E-state index < -0.39 is 10.0 Å². The fourth-order valence-corrected chi connectivity index (χ4v) is 5.82. The highest BCUT2D eigenvalue weighted by molar-refractivity contribution is 14.0. The Kier molecular flexibility index (Phi) is 9.18. The lowest BCUT2D eigenvalue weighted by atomic mass is 10.1. The molecule has 0 aliphatic carbocycles. The average Bonchev–Trinajstić information content (AvgIpc) is 3.19. The van der Waals surface area contributed by atoms with E-state index in [2.05, 4.69) is 15.4 Å². The van der Waals surface area contributed by atoms with Gasteiger partial charge in [-0.3, -0.25) is 14.9 Å². The number of piperazine rings is 1. The van der Waals surface area contributed by atoms with Gasteiger partial charge in [-0.2, -0.15) is 9.40 Å². The van der Waals surface area contributed by atoms with Crippen LogP contribution in [0.5, 0.6) is 5.75 Å². The van der Waals surface area contributed by atoms with Crippen LogP contribution < -0.4 is 15.6 Å². The molecule has 0 amide bonds. The van der Waals surface area contributed by atoms with Crippen molar-refractivity contribution in [3.05, 3.63) is 34.2 Å². The van der Waals surface area contributed by atoms with Gasteiger partial charge in [-0.05, 0) is 31.5 Å². The van der Waals surface area contributed by atoms with Crippen molar-refractivity contribution >= 4 is 51.0 Å². The summed E-state index contributed by atoms with van der Waals surface area (Å²) < 4.78 is 35.7. The number of ether oxygens (including phenoxy) is 1. The molecule has 3 aromatic rings. The van der Waals surface area contributed by atoms with Gasteiger partial charge in [0.05, 0.1) is 22.8 Å². The van der Waals surface area contributed by atoms with Crippen molar-refractivity contribution in [2.24, 2.45) is 7.05 Å². The maximum Gasteiger partial charge on any atom is 0.277 e. The van der Waals surface area contributed by atoms with Crippen LogP contribution in [0.1, 0.15) is 26.0 Å². The van der Waals surface area contributed by atoms with Crippen molar-refractivity contribution < 1.29 is 13.2 Å². The molecule has 0 unspecified atom stereocenters. The van der Waals surface area contributed by atoms with Gasteiger partial charge in [0.15, 0.2) is 11.5 Å². The molecule has 1 aromatic carbocycles. The van der Waals surface area contributed by atoms with Crippen molar-refractivity contribution in [2.75, 3.05) is 39.8 Å². The molecular weight excluding hydrogens is 611 g/mol. The smallest absolute Gasteiger partial charge is 0.277 e. The molecule has 0 atom stereocenters. The quantitative estimate of drug-likeness (QED) is 0.200. The zero-order valence-corrected chi connectivity index (χ0v) is 24.5. The van der Waals surface area contributed by atoms with E-state index in [0.717, 1.165) is 6.42 Å². The number of sulfonamides is 1. The Hall–Kier alpha value is -2.72. The molecule has 3 N–H and O–H groups in total. The summed E-state index contributed by atoms with van der Waals surface area (Å²) in [5, 5.41) is 15.1. The lowest BCUT2D eigenvalue weighted by Crippen LogP contribution is -2.52. The fourth-order valence-electron chi connectivity index (χ4n) is 4.37. The Morgan fingerprint density at radius 3 is 2.54 bits per heavy atom. The first kappa shape index (κ1) is 28.8. The molecule has 2 aromatic heterocycles. The van der Waals surface area contributed by atoms with E-state index in [0.29, 0.717) is 54.2 Å². The number of fused-ring (bicyclic) bond motifs is 1. The maximum atomic E-state index is 13.5. The van der Waals surface area contributed by atoms with Gasteiger partial charge in [0.1, 0.15) is 17.1 Å². The second-order valence-corrected chi connectivity index (χ2v) is 10.5. The third-order valence-corrected chi connectivity index (χ3v) is 8.08. The molecule has 202 valence electrons. The maximum absolute atomic E-state index is 13.5. The predicted molar refractivity (Wildman–Crippen MR) is 152 cm³/mol. The number of rotatable bonds is 7. The van der Waals surface area contributed by atoms with Crippen LogP contribution in [0.4, 0.5) is 0 Å². The highest BCUT2D eigenvalue weighted by Crippen LogP contribution is 2.32. The van der Waals surface area contributed by atoms with Gasteiger partial charge in [0.25, 0.3) is 5.56 Å². The van der Waals surface area contributed by atoms with Crippen LogP contribution in [-0.4, -0.2) is 83.2 Å². The van der Waals surface area contributed by atoms with Gasteiger partial charge >= 0.3 is 0 Å². The zero-order chi connectivity index (χ0) is 26.0. The number of benzene rings is 1. The summed E-state index contributed by atoms with van der Waals surface area (Å²) in [6.45, 7) is 5.55. The van der Waals surface area contributed by atoms with Crippen molar-refractivity contribution in [1.29, 1.82) is 5.41 Å². The molecule has 0 saturated carbocycles. The minimum Gasteiger partial charge on any atom is -0.493 e. The van der Waals surface area contributed by atoms with Crippen LogP contribution in [0.15, 0.2) is 27.9 Å². The van der Waals surface area contributed by atoms with Crippen molar-refractivity contribution in [2.45, 2.75) is 31.6 Å². The Balaban J connectivity index is 0.00000380. The molecule has 37 heavy (non-hydrogen) atoms. The highest BCUT2D eigenvalue weighted by atomic mass is 127. The van der Waals surface area contributed by atoms with Gasteiger partial charge < -0.3 is 19.9 Å². The van der Waals surface area contributed by atoms with Crippen molar-refractivity contribution in [3.63, 3.8) is 0 Å². The Morgan fingerprint density at radius 2 is 1.92 bits per heavy atom. The number of H-pyrrole nitrogens is 1. The molecule has 12 nitrogen and oxygen atoms in total. The zero-order valence-electron chi connectivity index (χ0n) is 21.4.